The average Bonchev–Trinajstić information content (AvgIpc) is 2.66. The highest BCUT2D eigenvalue weighted by molar-refractivity contribution is 7.89. The molecule has 1 unspecified atom stereocenters. The van der Waals surface area contributed by atoms with Crippen molar-refractivity contribution in [1.29, 1.82) is 0 Å². The van der Waals surface area contributed by atoms with Gasteiger partial charge in [-0.05, 0) is 49.9 Å². The van der Waals surface area contributed by atoms with E-state index in [2.05, 4.69) is 18.7 Å². The lowest BCUT2D eigenvalue weighted by Gasteiger charge is -2.37. The third-order valence-electron chi connectivity index (χ3n) is 5.67. The minimum absolute atomic E-state index is 0.00252. The van der Waals surface area contributed by atoms with Crippen molar-refractivity contribution in [3.8, 4) is 0 Å². The van der Waals surface area contributed by atoms with E-state index in [0.29, 0.717) is 30.6 Å². The largest absolute Gasteiger partial charge is 0.312 e. The number of rotatable bonds is 4. The van der Waals surface area contributed by atoms with E-state index >= 15 is 0 Å². The van der Waals surface area contributed by atoms with Gasteiger partial charge in [0.15, 0.2) is 0 Å². The minimum Gasteiger partial charge on any atom is -0.312 e. The topological polar surface area (TPSA) is 60.9 Å². The molecule has 2 aliphatic rings. The van der Waals surface area contributed by atoms with Crippen molar-refractivity contribution in [3.63, 3.8) is 0 Å². The second kappa shape index (κ2) is 7.66. The van der Waals surface area contributed by atoms with E-state index in [1.807, 2.05) is 0 Å². The van der Waals surface area contributed by atoms with Crippen molar-refractivity contribution in [2.24, 2.45) is 0 Å². The maximum atomic E-state index is 13.1. The number of amides is 1. The highest BCUT2D eigenvalue weighted by Gasteiger charge is 2.31. The number of benzene rings is 1. The van der Waals surface area contributed by atoms with Crippen LogP contribution in [-0.2, 0) is 21.2 Å². The van der Waals surface area contributed by atoms with Gasteiger partial charge < -0.3 is 4.90 Å². The summed E-state index contributed by atoms with van der Waals surface area (Å²) in [5.41, 5.74) is 1.80. The molecule has 2 aliphatic heterocycles. The standard InChI is InChI=1S/C19H29N3O3S/c1-4-15(2)20-10-12-21(13-11-20)26(24,25)18-7-8-19-17(14-18)6-5-9-22(19)16(3)23/h7-8,14-15H,4-6,9-13H2,1-3H3. The van der Waals surface area contributed by atoms with Crippen molar-refractivity contribution >= 4 is 21.6 Å². The first-order valence-corrected chi connectivity index (χ1v) is 10.9. The summed E-state index contributed by atoms with van der Waals surface area (Å²) in [6, 6.07) is 5.69. The number of fused-ring (bicyclic) bond motifs is 1. The Morgan fingerprint density at radius 3 is 2.46 bits per heavy atom. The van der Waals surface area contributed by atoms with Crippen molar-refractivity contribution in [2.75, 3.05) is 37.6 Å². The Morgan fingerprint density at radius 1 is 1.15 bits per heavy atom. The molecule has 1 atom stereocenters. The lowest BCUT2D eigenvalue weighted by molar-refractivity contribution is -0.116. The Bertz CT molecular complexity index is 770. The Hall–Kier alpha value is -1.44. The van der Waals surface area contributed by atoms with Gasteiger partial charge in [-0.1, -0.05) is 6.92 Å². The molecule has 0 saturated carbocycles. The molecule has 26 heavy (non-hydrogen) atoms. The zero-order valence-electron chi connectivity index (χ0n) is 15.9. The molecule has 1 saturated heterocycles. The molecule has 3 rings (SSSR count). The van der Waals surface area contributed by atoms with Crippen LogP contribution < -0.4 is 4.90 Å². The van der Waals surface area contributed by atoms with Crippen molar-refractivity contribution in [1.82, 2.24) is 9.21 Å². The summed E-state index contributed by atoms with van der Waals surface area (Å²) in [5.74, 6) is 0.00252. The fraction of sp³-hybridized carbons (Fsp3) is 0.632. The first-order valence-electron chi connectivity index (χ1n) is 9.49. The number of aryl methyl sites for hydroxylation is 1. The van der Waals surface area contributed by atoms with Gasteiger partial charge in [0, 0.05) is 51.4 Å². The van der Waals surface area contributed by atoms with Gasteiger partial charge in [0.1, 0.15) is 0 Å². The maximum absolute atomic E-state index is 13.1. The zero-order valence-corrected chi connectivity index (χ0v) is 16.8. The predicted octanol–water partition coefficient (Wildman–Crippen LogP) is 2.09. The number of sulfonamides is 1. The normalized spacial score (nSPS) is 20.7. The van der Waals surface area contributed by atoms with E-state index in [1.165, 1.54) is 0 Å². The zero-order chi connectivity index (χ0) is 18.9. The maximum Gasteiger partial charge on any atom is 0.243 e. The summed E-state index contributed by atoms with van der Waals surface area (Å²) in [7, 11) is -3.49. The van der Waals surface area contributed by atoms with Crippen LogP contribution in [0.5, 0.6) is 0 Å². The van der Waals surface area contributed by atoms with Gasteiger partial charge in [0.25, 0.3) is 0 Å². The number of piperazine rings is 1. The molecule has 1 aromatic carbocycles. The summed E-state index contributed by atoms with van der Waals surface area (Å²) in [6.45, 7) is 9.21. The summed E-state index contributed by atoms with van der Waals surface area (Å²) >= 11 is 0. The molecule has 0 aromatic heterocycles. The van der Waals surface area contributed by atoms with Gasteiger partial charge >= 0.3 is 0 Å². The van der Waals surface area contributed by atoms with Crippen molar-refractivity contribution in [3.05, 3.63) is 23.8 Å². The van der Waals surface area contributed by atoms with Crippen LogP contribution in [0.15, 0.2) is 23.1 Å². The molecule has 6 nitrogen and oxygen atoms in total. The molecule has 0 bridgehead atoms. The van der Waals surface area contributed by atoms with Crippen LogP contribution in [0.25, 0.3) is 0 Å². The minimum atomic E-state index is -3.49. The van der Waals surface area contributed by atoms with Crippen LogP contribution in [0.4, 0.5) is 5.69 Å². The molecule has 2 heterocycles. The summed E-state index contributed by atoms with van der Waals surface area (Å²) in [6.07, 6.45) is 2.75. The molecule has 1 amide bonds. The highest BCUT2D eigenvalue weighted by Crippen LogP contribution is 2.30. The smallest absolute Gasteiger partial charge is 0.243 e. The van der Waals surface area contributed by atoms with Gasteiger partial charge in [-0.25, -0.2) is 8.42 Å². The molecule has 1 aromatic rings. The molecular weight excluding hydrogens is 350 g/mol. The Morgan fingerprint density at radius 2 is 1.85 bits per heavy atom. The van der Waals surface area contributed by atoms with E-state index in [-0.39, 0.29) is 5.91 Å². The van der Waals surface area contributed by atoms with E-state index in [0.717, 1.165) is 43.6 Å². The lowest BCUT2D eigenvalue weighted by atomic mass is 10.0. The molecule has 7 heteroatoms. The molecule has 144 valence electrons. The second-order valence-corrected chi connectivity index (χ2v) is 9.20. The first kappa shape index (κ1) is 19.3. The van der Waals surface area contributed by atoms with Crippen LogP contribution >= 0.6 is 0 Å². The van der Waals surface area contributed by atoms with Crippen LogP contribution in [0.3, 0.4) is 0 Å². The number of nitrogens with zero attached hydrogens (tertiary/aromatic N) is 3. The fourth-order valence-electron chi connectivity index (χ4n) is 3.85. The van der Waals surface area contributed by atoms with E-state index in [9.17, 15) is 13.2 Å². The highest BCUT2D eigenvalue weighted by atomic mass is 32.2. The molecule has 0 spiro atoms. The van der Waals surface area contributed by atoms with Crippen LogP contribution in [0.2, 0.25) is 0 Å². The number of hydrogen-bond donors (Lipinski definition) is 0. The van der Waals surface area contributed by atoms with Gasteiger partial charge in [-0.15, -0.1) is 0 Å². The number of anilines is 1. The number of carbonyl (C=O) groups excluding carboxylic acids is 1. The number of hydrogen-bond acceptors (Lipinski definition) is 4. The van der Waals surface area contributed by atoms with E-state index in [1.54, 1.807) is 34.3 Å². The van der Waals surface area contributed by atoms with Gasteiger partial charge in [0.2, 0.25) is 15.9 Å². The van der Waals surface area contributed by atoms with Crippen molar-refractivity contribution < 1.29 is 13.2 Å². The summed E-state index contributed by atoms with van der Waals surface area (Å²) < 4.78 is 27.7. The third kappa shape index (κ3) is 3.66. The van der Waals surface area contributed by atoms with Gasteiger partial charge in [0.05, 0.1) is 4.90 Å². The SMILES string of the molecule is CCC(C)N1CCN(S(=O)(=O)c2ccc3c(c2)CCCN3C(C)=O)CC1. The molecule has 0 radical (unpaired) electrons. The lowest BCUT2D eigenvalue weighted by Crippen LogP contribution is -2.51. The number of carbonyl (C=O) groups is 1. The predicted molar refractivity (Wildman–Crippen MR) is 103 cm³/mol. The Balaban J connectivity index is 1.80. The van der Waals surface area contributed by atoms with E-state index < -0.39 is 10.0 Å². The Labute approximate surface area is 156 Å². The van der Waals surface area contributed by atoms with Gasteiger partial charge in [-0.3, -0.25) is 9.69 Å². The van der Waals surface area contributed by atoms with Crippen LogP contribution in [0.1, 0.15) is 39.2 Å². The first-order chi connectivity index (χ1) is 12.3. The molecule has 0 N–H and O–H groups in total. The van der Waals surface area contributed by atoms with Gasteiger partial charge in [-0.2, -0.15) is 4.31 Å². The van der Waals surface area contributed by atoms with Crippen LogP contribution in [-0.4, -0.2) is 62.3 Å². The summed E-state index contributed by atoms with van der Waals surface area (Å²) in [5, 5.41) is 0. The third-order valence-corrected chi connectivity index (χ3v) is 7.57. The monoisotopic (exact) mass is 379 g/mol. The molecule has 0 aliphatic carbocycles. The Kier molecular flexibility index (Phi) is 5.69. The second-order valence-electron chi connectivity index (χ2n) is 7.26. The van der Waals surface area contributed by atoms with Crippen molar-refractivity contribution in [2.45, 2.75) is 51.0 Å². The van der Waals surface area contributed by atoms with Crippen LogP contribution in [0, 0.1) is 0 Å². The molecular formula is C19H29N3O3S. The van der Waals surface area contributed by atoms with E-state index in [4.69, 9.17) is 0 Å². The molecule has 1 fully saturated rings. The quantitative estimate of drug-likeness (QED) is 0.804. The average molecular weight is 380 g/mol. The summed E-state index contributed by atoms with van der Waals surface area (Å²) in [4.78, 5) is 16.2. The fourth-order valence-corrected chi connectivity index (χ4v) is 5.33.